The van der Waals surface area contributed by atoms with E-state index in [1.807, 2.05) is 0 Å². The highest BCUT2D eigenvalue weighted by atomic mass is 127. The van der Waals surface area contributed by atoms with Gasteiger partial charge in [0.15, 0.2) is 5.96 Å². The van der Waals surface area contributed by atoms with E-state index >= 15 is 0 Å². The number of aliphatic imine (C=N–C) groups is 1. The first-order valence-corrected chi connectivity index (χ1v) is 5.90. The SMILES string of the molecule is CCNC(=NCCCOC)N1CCCC1.I. The number of nitrogens with one attached hydrogen (secondary N) is 1. The van der Waals surface area contributed by atoms with Crippen LogP contribution in [0.4, 0.5) is 0 Å². The molecule has 0 bridgehead atoms. The number of hydrogen-bond acceptors (Lipinski definition) is 2. The van der Waals surface area contributed by atoms with E-state index in [1.165, 1.54) is 12.8 Å². The highest BCUT2D eigenvalue weighted by molar-refractivity contribution is 14.0. The topological polar surface area (TPSA) is 36.9 Å². The maximum absolute atomic E-state index is 5.01. The number of rotatable bonds is 5. The first kappa shape index (κ1) is 16.0. The number of nitrogens with zero attached hydrogens (tertiary/aromatic N) is 2. The molecule has 0 saturated carbocycles. The van der Waals surface area contributed by atoms with Crippen molar-refractivity contribution in [3.63, 3.8) is 0 Å². The molecule has 0 aromatic heterocycles. The molecule has 5 heteroatoms. The standard InChI is InChI=1S/C11H23N3O.HI/c1-3-12-11(13-7-6-10-15-2)14-8-4-5-9-14;/h3-10H2,1-2H3,(H,12,13);1H. The zero-order valence-corrected chi connectivity index (χ0v) is 12.7. The average Bonchev–Trinajstić information content (AvgIpc) is 2.76. The van der Waals surface area contributed by atoms with Crippen LogP contribution in [0.2, 0.25) is 0 Å². The number of ether oxygens (including phenoxy) is 1. The van der Waals surface area contributed by atoms with Crippen LogP contribution in [0.5, 0.6) is 0 Å². The lowest BCUT2D eigenvalue weighted by Gasteiger charge is -2.20. The zero-order chi connectivity index (χ0) is 10.9. The van der Waals surface area contributed by atoms with E-state index in [1.54, 1.807) is 7.11 Å². The Hall–Kier alpha value is -0.0400. The number of methoxy groups -OCH3 is 1. The Morgan fingerprint density at radius 3 is 2.62 bits per heavy atom. The molecule has 1 N–H and O–H groups in total. The van der Waals surface area contributed by atoms with Gasteiger partial charge in [0.25, 0.3) is 0 Å². The summed E-state index contributed by atoms with van der Waals surface area (Å²) in [7, 11) is 1.73. The van der Waals surface area contributed by atoms with Crippen molar-refractivity contribution in [1.82, 2.24) is 10.2 Å². The highest BCUT2D eigenvalue weighted by Gasteiger charge is 2.14. The molecule has 1 aliphatic heterocycles. The fourth-order valence-corrected chi connectivity index (χ4v) is 1.75. The van der Waals surface area contributed by atoms with Crippen molar-refractivity contribution in [2.75, 3.05) is 39.9 Å². The molecule has 16 heavy (non-hydrogen) atoms. The summed E-state index contributed by atoms with van der Waals surface area (Å²) in [6.45, 7) is 7.00. The Kier molecular flexibility index (Phi) is 10.1. The highest BCUT2D eigenvalue weighted by Crippen LogP contribution is 2.07. The second-order valence-electron chi connectivity index (χ2n) is 3.78. The van der Waals surface area contributed by atoms with Gasteiger partial charge in [-0.1, -0.05) is 0 Å². The molecule has 0 amide bonds. The van der Waals surface area contributed by atoms with Crippen molar-refractivity contribution in [1.29, 1.82) is 0 Å². The van der Waals surface area contributed by atoms with Crippen molar-refractivity contribution in [2.24, 2.45) is 4.99 Å². The summed E-state index contributed by atoms with van der Waals surface area (Å²) in [6.07, 6.45) is 3.59. The number of likely N-dealkylation sites (tertiary alicyclic amines) is 1. The molecule has 0 radical (unpaired) electrons. The molecule has 1 rings (SSSR count). The second kappa shape index (κ2) is 10.1. The van der Waals surface area contributed by atoms with Crippen LogP contribution in [-0.2, 0) is 4.74 Å². The summed E-state index contributed by atoms with van der Waals surface area (Å²) in [5.41, 5.74) is 0. The molecule has 1 heterocycles. The molecule has 4 nitrogen and oxygen atoms in total. The Labute approximate surface area is 116 Å². The summed E-state index contributed by atoms with van der Waals surface area (Å²) in [5.74, 6) is 1.08. The molecule has 0 unspecified atom stereocenters. The van der Waals surface area contributed by atoms with Crippen LogP contribution in [0.3, 0.4) is 0 Å². The van der Waals surface area contributed by atoms with Gasteiger partial charge in [-0.15, -0.1) is 24.0 Å². The van der Waals surface area contributed by atoms with Crippen molar-refractivity contribution < 1.29 is 4.74 Å². The minimum absolute atomic E-state index is 0. The van der Waals surface area contributed by atoms with Gasteiger partial charge in [0.05, 0.1) is 0 Å². The van der Waals surface area contributed by atoms with Crippen LogP contribution in [0.1, 0.15) is 26.2 Å². The van der Waals surface area contributed by atoms with Gasteiger partial charge < -0.3 is 15.0 Å². The third kappa shape index (κ3) is 5.89. The quantitative estimate of drug-likeness (QED) is 0.358. The summed E-state index contributed by atoms with van der Waals surface area (Å²) < 4.78 is 5.01. The molecular formula is C11H24IN3O. The number of guanidine groups is 1. The van der Waals surface area contributed by atoms with Gasteiger partial charge in [0, 0.05) is 39.9 Å². The summed E-state index contributed by atoms with van der Waals surface area (Å²) in [4.78, 5) is 6.93. The molecule has 0 aromatic carbocycles. The first-order chi connectivity index (χ1) is 7.38. The lowest BCUT2D eigenvalue weighted by atomic mass is 10.4. The molecule has 1 fully saturated rings. The largest absolute Gasteiger partial charge is 0.385 e. The van der Waals surface area contributed by atoms with E-state index in [9.17, 15) is 0 Å². The van der Waals surface area contributed by atoms with E-state index in [0.717, 1.165) is 45.2 Å². The van der Waals surface area contributed by atoms with Crippen molar-refractivity contribution in [3.8, 4) is 0 Å². The zero-order valence-electron chi connectivity index (χ0n) is 10.4. The summed E-state index contributed by atoms with van der Waals surface area (Å²) in [6, 6.07) is 0. The van der Waals surface area contributed by atoms with E-state index in [0.29, 0.717) is 0 Å². The normalized spacial score (nSPS) is 16.1. The van der Waals surface area contributed by atoms with Crippen LogP contribution in [-0.4, -0.2) is 50.8 Å². The molecule has 0 aliphatic carbocycles. The molecule has 0 atom stereocenters. The third-order valence-electron chi connectivity index (χ3n) is 2.51. The summed E-state index contributed by atoms with van der Waals surface area (Å²) in [5, 5.41) is 3.34. The smallest absolute Gasteiger partial charge is 0.193 e. The van der Waals surface area contributed by atoms with Gasteiger partial charge in [-0.25, -0.2) is 0 Å². The van der Waals surface area contributed by atoms with Gasteiger partial charge in [-0.2, -0.15) is 0 Å². The Balaban J connectivity index is 0.00000225. The Morgan fingerprint density at radius 1 is 1.38 bits per heavy atom. The molecular weight excluding hydrogens is 317 g/mol. The van der Waals surface area contributed by atoms with Gasteiger partial charge in [-0.05, 0) is 26.2 Å². The minimum atomic E-state index is 0. The van der Waals surface area contributed by atoms with Crippen LogP contribution in [0.15, 0.2) is 4.99 Å². The van der Waals surface area contributed by atoms with Gasteiger partial charge >= 0.3 is 0 Å². The summed E-state index contributed by atoms with van der Waals surface area (Å²) >= 11 is 0. The van der Waals surface area contributed by atoms with Crippen molar-refractivity contribution in [2.45, 2.75) is 26.2 Å². The van der Waals surface area contributed by atoms with Crippen LogP contribution in [0.25, 0.3) is 0 Å². The van der Waals surface area contributed by atoms with E-state index in [4.69, 9.17) is 4.74 Å². The van der Waals surface area contributed by atoms with Crippen LogP contribution >= 0.6 is 24.0 Å². The number of hydrogen-bond donors (Lipinski definition) is 1. The van der Waals surface area contributed by atoms with Gasteiger partial charge in [-0.3, -0.25) is 4.99 Å². The van der Waals surface area contributed by atoms with Crippen molar-refractivity contribution in [3.05, 3.63) is 0 Å². The number of halogens is 1. The molecule has 0 aromatic rings. The maximum Gasteiger partial charge on any atom is 0.193 e. The van der Waals surface area contributed by atoms with Crippen LogP contribution in [0, 0.1) is 0 Å². The Morgan fingerprint density at radius 2 is 2.06 bits per heavy atom. The fourth-order valence-electron chi connectivity index (χ4n) is 1.75. The van der Waals surface area contributed by atoms with E-state index in [2.05, 4.69) is 22.1 Å². The van der Waals surface area contributed by atoms with Gasteiger partial charge in [0.1, 0.15) is 0 Å². The lowest BCUT2D eigenvalue weighted by Crippen LogP contribution is -2.39. The predicted octanol–water partition coefficient (Wildman–Crippen LogP) is 1.70. The second-order valence-corrected chi connectivity index (χ2v) is 3.78. The van der Waals surface area contributed by atoms with Gasteiger partial charge in [0.2, 0.25) is 0 Å². The molecule has 96 valence electrons. The third-order valence-corrected chi connectivity index (χ3v) is 2.51. The van der Waals surface area contributed by atoms with E-state index in [-0.39, 0.29) is 24.0 Å². The lowest BCUT2D eigenvalue weighted by molar-refractivity contribution is 0.197. The Bertz CT molecular complexity index is 194. The fraction of sp³-hybridized carbons (Fsp3) is 0.909. The van der Waals surface area contributed by atoms with Crippen molar-refractivity contribution >= 4 is 29.9 Å². The minimum Gasteiger partial charge on any atom is -0.385 e. The first-order valence-electron chi connectivity index (χ1n) is 5.90. The molecule has 0 spiro atoms. The van der Waals surface area contributed by atoms with E-state index < -0.39 is 0 Å². The van der Waals surface area contributed by atoms with Crippen LogP contribution < -0.4 is 5.32 Å². The average molecular weight is 341 g/mol. The maximum atomic E-state index is 5.01. The molecule has 1 saturated heterocycles. The monoisotopic (exact) mass is 341 g/mol. The predicted molar refractivity (Wildman–Crippen MR) is 78.7 cm³/mol. The molecule has 1 aliphatic rings.